The van der Waals surface area contributed by atoms with Crippen LogP contribution in [0.2, 0.25) is 0 Å². The third kappa shape index (κ3) is 4.62. The highest BCUT2D eigenvalue weighted by Crippen LogP contribution is 2.26. The molecule has 0 bridgehead atoms. The Balaban J connectivity index is 1.70. The summed E-state index contributed by atoms with van der Waals surface area (Å²) in [6.07, 6.45) is 2.59. The number of nitrogens with one attached hydrogen (secondary N) is 1. The molecule has 2 nitrogen and oxygen atoms in total. The van der Waals surface area contributed by atoms with Crippen molar-refractivity contribution in [3.05, 3.63) is 0 Å². The normalized spacial score (nSPS) is 34.7. The van der Waals surface area contributed by atoms with Crippen LogP contribution in [0.15, 0.2) is 0 Å². The van der Waals surface area contributed by atoms with E-state index < -0.39 is 0 Å². The Morgan fingerprint density at radius 3 is 2.89 bits per heavy atom. The molecule has 2 fully saturated rings. The Morgan fingerprint density at radius 2 is 2.22 bits per heavy atom. The van der Waals surface area contributed by atoms with Crippen molar-refractivity contribution in [2.45, 2.75) is 38.0 Å². The highest BCUT2D eigenvalue weighted by molar-refractivity contribution is 8.06. The number of thioether (sulfide) groups is 2. The first-order valence-electron chi connectivity index (χ1n) is 7.44. The summed E-state index contributed by atoms with van der Waals surface area (Å²) in [7, 11) is 0. The van der Waals surface area contributed by atoms with Crippen molar-refractivity contribution in [2.75, 3.05) is 43.4 Å². The molecule has 0 amide bonds. The molecule has 2 rings (SSSR count). The lowest BCUT2D eigenvalue weighted by Gasteiger charge is -2.39. The Labute approximate surface area is 121 Å². The summed E-state index contributed by atoms with van der Waals surface area (Å²) in [5.41, 5.74) is 0. The standard InChI is InChI=1S/C14H28N2S2/c1-3-5-15-14-4-6-16(9-12(14)2)10-13-11-17-7-8-18-13/h12-15H,3-11H2,1-2H3. The fourth-order valence-corrected chi connectivity index (χ4v) is 5.68. The molecule has 0 radical (unpaired) electrons. The highest BCUT2D eigenvalue weighted by atomic mass is 32.2. The molecule has 4 heteroatoms. The lowest BCUT2D eigenvalue weighted by molar-refractivity contribution is 0.149. The molecule has 3 atom stereocenters. The molecule has 1 N–H and O–H groups in total. The quantitative estimate of drug-likeness (QED) is 0.836. The predicted octanol–water partition coefficient (Wildman–Crippen LogP) is 2.55. The van der Waals surface area contributed by atoms with Gasteiger partial charge in [-0.3, -0.25) is 0 Å². The topological polar surface area (TPSA) is 15.3 Å². The minimum atomic E-state index is 0.759. The van der Waals surface area contributed by atoms with E-state index in [1.807, 2.05) is 0 Å². The monoisotopic (exact) mass is 288 g/mol. The Bertz CT molecular complexity index is 232. The fourth-order valence-electron chi connectivity index (χ4n) is 2.96. The van der Waals surface area contributed by atoms with E-state index in [2.05, 4.69) is 47.6 Å². The molecular weight excluding hydrogens is 260 g/mol. The SMILES string of the molecule is CCCNC1CCN(CC2CSCCS2)CC1C. The van der Waals surface area contributed by atoms with E-state index in [0.717, 1.165) is 17.2 Å². The van der Waals surface area contributed by atoms with Gasteiger partial charge in [-0.1, -0.05) is 13.8 Å². The molecule has 0 aromatic rings. The number of hydrogen-bond donors (Lipinski definition) is 1. The molecule has 0 aromatic carbocycles. The van der Waals surface area contributed by atoms with Crippen molar-refractivity contribution in [1.29, 1.82) is 0 Å². The van der Waals surface area contributed by atoms with Crippen molar-refractivity contribution in [2.24, 2.45) is 5.92 Å². The van der Waals surface area contributed by atoms with Crippen molar-refractivity contribution in [3.63, 3.8) is 0 Å². The van der Waals surface area contributed by atoms with Gasteiger partial charge < -0.3 is 10.2 Å². The largest absolute Gasteiger partial charge is 0.314 e. The molecule has 2 saturated heterocycles. The van der Waals surface area contributed by atoms with Crippen molar-refractivity contribution >= 4 is 23.5 Å². The minimum Gasteiger partial charge on any atom is -0.314 e. The summed E-state index contributed by atoms with van der Waals surface area (Å²) < 4.78 is 0. The van der Waals surface area contributed by atoms with Crippen LogP contribution in [0, 0.1) is 5.92 Å². The first kappa shape index (κ1) is 15.0. The first-order chi connectivity index (χ1) is 8.79. The van der Waals surface area contributed by atoms with E-state index in [0.29, 0.717) is 0 Å². The smallest absolute Gasteiger partial charge is 0.0265 e. The number of rotatable bonds is 5. The van der Waals surface area contributed by atoms with E-state index in [-0.39, 0.29) is 0 Å². The first-order valence-corrected chi connectivity index (χ1v) is 9.65. The van der Waals surface area contributed by atoms with Gasteiger partial charge in [-0.15, -0.1) is 0 Å². The van der Waals surface area contributed by atoms with Crippen LogP contribution in [0.4, 0.5) is 0 Å². The van der Waals surface area contributed by atoms with Gasteiger partial charge in [-0.2, -0.15) is 23.5 Å². The molecule has 2 heterocycles. The van der Waals surface area contributed by atoms with E-state index in [4.69, 9.17) is 0 Å². The van der Waals surface area contributed by atoms with E-state index in [9.17, 15) is 0 Å². The summed E-state index contributed by atoms with van der Waals surface area (Å²) in [6.45, 7) is 9.77. The minimum absolute atomic E-state index is 0.759. The molecule has 2 aliphatic heterocycles. The van der Waals surface area contributed by atoms with Crippen LogP contribution in [0.5, 0.6) is 0 Å². The van der Waals surface area contributed by atoms with Crippen LogP contribution in [0.3, 0.4) is 0 Å². The number of nitrogens with zero attached hydrogens (tertiary/aromatic N) is 1. The van der Waals surface area contributed by atoms with Gasteiger partial charge in [0.2, 0.25) is 0 Å². The van der Waals surface area contributed by atoms with E-state index in [1.165, 1.54) is 56.3 Å². The molecule has 3 unspecified atom stereocenters. The number of hydrogen-bond acceptors (Lipinski definition) is 4. The van der Waals surface area contributed by atoms with Gasteiger partial charge in [0, 0.05) is 41.6 Å². The van der Waals surface area contributed by atoms with Crippen molar-refractivity contribution in [3.8, 4) is 0 Å². The van der Waals surface area contributed by atoms with Crippen LogP contribution in [0.1, 0.15) is 26.7 Å². The lowest BCUT2D eigenvalue weighted by Crippen LogP contribution is -2.50. The number of piperidine rings is 1. The molecule has 0 aromatic heterocycles. The van der Waals surface area contributed by atoms with Gasteiger partial charge in [-0.05, 0) is 31.8 Å². The van der Waals surface area contributed by atoms with Gasteiger partial charge in [0.25, 0.3) is 0 Å². The van der Waals surface area contributed by atoms with Crippen LogP contribution in [0.25, 0.3) is 0 Å². The third-order valence-corrected chi connectivity index (χ3v) is 6.82. The molecule has 106 valence electrons. The maximum absolute atomic E-state index is 3.71. The average Bonchev–Trinajstić information content (AvgIpc) is 2.39. The molecule has 0 aliphatic carbocycles. The van der Waals surface area contributed by atoms with Crippen LogP contribution in [-0.4, -0.2) is 59.6 Å². The predicted molar refractivity (Wildman–Crippen MR) is 85.9 cm³/mol. The van der Waals surface area contributed by atoms with Gasteiger partial charge in [0.15, 0.2) is 0 Å². The van der Waals surface area contributed by atoms with Crippen LogP contribution in [-0.2, 0) is 0 Å². The van der Waals surface area contributed by atoms with Gasteiger partial charge in [-0.25, -0.2) is 0 Å². The summed E-state index contributed by atoms with van der Waals surface area (Å²) in [5, 5.41) is 4.59. The average molecular weight is 289 g/mol. The van der Waals surface area contributed by atoms with Crippen LogP contribution < -0.4 is 5.32 Å². The highest BCUT2D eigenvalue weighted by Gasteiger charge is 2.27. The molecule has 0 spiro atoms. The summed E-state index contributed by atoms with van der Waals surface area (Å²) >= 11 is 4.34. The Morgan fingerprint density at radius 1 is 1.33 bits per heavy atom. The third-order valence-electron chi connectivity index (χ3n) is 3.99. The second-order valence-electron chi connectivity index (χ2n) is 5.65. The zero-order chi connectivity index (χ0) is 12.8. The zero-order valence-electron chi connectivity index (χ0n) is 11.9. The lowest BCUT2D eigenvalue weighted by atomic mass is 9.93. The van der Waals surface area contributed by atoms with Gasteiger partial charge >= 0.3 is 0 Å². The van der Waals surface area contributed by atoms with Gasteiger partial charge in [0.05, 0.1) is 0 Å². The Kier molecular flexibility index (Phi) is 6.70. The molecule has 18 heavy (non-hydrogen) atoms. The summed E-state index contributed by atoms with van der Waals surface area (Å²) in [4.78, 5) is 2.71. The van der Waals surface area contributed by atoms with E-state index in [1.54, 1.807) is 0 Å². The maximum Gasteiger partial charge on any atom is 0.0265 e. The molecule has 2 aliphatic rings. The molecule has 0 saturated carbocycles. The summed E-state index contributed by atoms with van der Waals surface area (Å²) in [6, 6.07) is 0.759. The van der Waals surface area contributed by atoms with Crippen molar-refractivity contribution < 1.29 is 0 Å². The van der Waals surface area contributed by atoms with Gasteiger partial charge in [0.1, 0.15) is 0 Å². The second-order valence-corrected chi connectivity index (χ2v) is 8.21. The van der Waals surface area contributed by atoms with Crippen LogP contribution >= 0.6 is 23.5 Å². The Hall–Kier alpha value is 0.620. The zero-order valence-corrected chi connectivity index (χ0v) is 13.5. The second kappa shape index (κ2) is 8.03. The molecular formula is C14H28N2S2. The fraction of sp³-hybridized carbons (Fsp3) is 1.00. The van der Waals surface area contributed by atoms with Crippen molar-refractivity contribution in [1.82, 2.24) is 10.2 Å². The number of likely N-dealkylation sites (tertiary alicyclic amines) is 1. The summed E-state index contributed by atoms with van der Waals surface area (Å²) in [5.74, 6) is 4.90. The maximum atomic E-state index is 3.71. The van der Waals surface area contributed by atoms with E-state index >= 15 is 0 Å².